The minimum atomic E-state index is -0.190. The molecule has 0 aliphatic carbocycles. The van der Waals surface area contributed by atoms with Crippen molar-refractivity contribution in [1.29, 1.82) is 0 Å². The zero-order chi connectivity index (χ0) is 22.1. The average molecular weight is 449 g/mol. The SMILES string of the molecule is Cc1cscc1-c1ccc(C(=O)Nc2ccc(N3CCN(C)CC3)nc2)c2c1=NCCN=2.[HH]. The first-order valence-corrected chi connectivity index (χ1v) is 11.8. The molecule has 8 heteroatoms. The summed E-state index contributed by atoms with van der Waals surface area (Å²) in [5, 5.41) is 8.73. The number of hydrogen-bond donors (Lipinski definition) is 1. The fourth-order valence-corrected chi connectivity index (χ4v) is 4.99. The molecule has 2 aliphatic heterocycles. The molecule has 0 bridgehead atoms. The fraction of sp³-hybridized carbons (Fsp3) is 0.333. The zero-order valence-corrected chi connectivity index (χ0v) is 19.2. The number of amides is 1. The van der Waals surface area contributed by atoms with Crippen molar-refractivity contribution in [1.82, 2.24) is 9.88 Å². The molecule has 1 N–H and O–H groups in total. The van der Waals surface area contributed by atoms with Gasteiger partial charge in [-0.05, 0) is 54.1 Å². The fourth-order valence-electron chi connectivity index (χ4n) is 4.14. The first kappa shape index (κ1) is 20.8. The third kappa shape index (κ3) is 4.03. The van der Waals surface area contributed by atoms with Crippen molar-refractivity contribution >= 4 is 28.7 Å². The van der Waals surface area contributed by atoms with Crippen LogP contribution in [0, 0.1) is 6.92 Å². The maximum Gasteiger partial charge on any atom is 0.257 e. The summed E-state index contributed by atoms with van der Waals surface area (Å²) in [7, 11) is 2.13. The molecule has 166 valence electrons. The first-order valence-electron chi connectivity index (χ1n) is 10.9. The van der Waals surface area contributed by atoms with Crippen molar-refractivity contribution in [2.45, 2.75) is 6.92 Å². The molecule has 1 amide bonds. The number of thiophene rings is 1. The van der Waals surface area contributed by atoms with Crippen LogP contribution in [0.4, 0.5) is 11.5 Å². The number of pyridine rings is 1. The third-order valence-electron chi connectivity index (χ3n) is 6.01. The van der Waals surface area contributed by atoms with Crippen LogP contribution in [-0.4, -0.2) is 62.1 Å². The van der Waals surface area contributed by atoms with E-state index in [1.54, 1.807) is 17.5 Å². The maximum atomic E-state index is 13.1. The van der Waals surface area contributed by atoms with Crippen molar-refractivity contribution in [3.8, 4) is 11.1 Å². The molecule has 7 nitrogen and oxygen atoms in total. The van der Waals surface area contributed by atoms with E-state index in [0.717, 1.165) is 48.5 Å². The van der Waals surface area contributed by atoms with E-state index in [0.29, 0.717) is 29.7 Å². The summed E-state index contributed by atoms with van der Waals surface area (Å²) in [6.45, 7) is 7.32. The lowest BCUT2D eigenvalue weighted by atomic mass is 10.0. The van der Waals surface area contributed by atoms with Crippen LogP contribution in [0.3, 0.4) is 0 Å². The molecule has 0 radical (unpaired) electrons. The smallest absolute Gasteiger partial charge is 0.257 e. The number of piperazine rings is 1. The second-order valence-electron chi connectivity index (χ2n) is 8.24. The van der Waals surface area contributed by atoms with Crippen molar-refractivity contribution < 1.29 is 6.22 Å². The number of hydrogen-bond acceptors (Lipinski definition) is 7. The van der Waals surface area contributed by atoms with Crippen molar-refractivity contribution in [2.24, 2.45) is 9.98 Å². The lowest BCUT2D eigenvalue weighted by Crippen LogP contribution is -2.44. The highest BCUT2D eigenvalue weighted by Crippen LogP contribution is 2.24. The Labute approximate surface area is 192 Å². The molecule has 1 saturated heterocycles. The van der Waals surface area contributed by atoms with Gasteiger partial charge in [0.25, 0.3) is 5.91 Å². The minimum Gasteiger partial charge on any atom is -0.354 e. The predicted octanol–water partition coefficient (Wildman–Crippen LogP) is 2.62. The van der Waals surface area contributed by atoms with E-state index in [1.165, 1.54) is 5.56 Å². The Morgan fingerprint density at radius 3 is 2.47 bits per heavy atom. The molecular formula is C24H28N6OS. The van der Waals surface area contributed by atoms with Crippen LogP contribution in [0.1, 0.15) is 17.3 Å². The van der Waals surface area contributed by atoms with Crippen LogP contribution in [0.2, 0.25) is 0 Å². The van der Waals surface area contributed by atoms with Gasteiger partial charge in [0.05, 0.1) is 41.3 Å². The number of rotatable bonds is 4. The standard InChI is InChI=1S/C24H26N6OS.H2/c1-16-14-32-15-20(16)18-4-5-19(23-22(18)25-7-8-26-23)24(31)28-17-3-6-21(27-13-17)30-11-9-29(2)10-12-30;/h3-6,13-15H,7-12H2,1-2H3,(H,28,31);1H. The molecule has 1 aromatic carbocycles. The number of carbonyl (C=O) groups is 1. The van der Waals surface area contributed by atoms with Crippen molar-refractivity contribution in [3.05, 3.63) is 63.1 Å². The number of aromatic nitrogens is 1. The summed E-state index contributed by atoms with van der Waals surface area (Å²) in [4.78, 5) is 31.7. The van der Waals surface area contributed by atoms with Crippen LogP contribution >= 0.6 is 11.3 Å². The van der Waals surface area contributed by atoms with E-state index in [1.807, 2.05) is 24.3 Å². The zero-order valence-electron chi connectivity index (χ0n) is 18.3. The van der Waals surface area contributed by atoms with Crippen LogP contribution < -0.4 is 20.9 Å². The van der Waals surface area contributed by atoms with Crippen LogP contribution in [0.15, 0.2) is 51.2 Å². The summed E-state index contributed by atoms with van der Waals surface area (Å²) in [5.74, 6) is 0.752. The van der Waals surface area contributed by atoms with E-state index in [9.17, 15) is 4.79 Å². The molecule has 1 fully saturated rings. The van der Waals surface area contributed by atoms with Crippen molar-refractivity contribution in [3.63, 3.8) is 0 Å². The molecular weight excluding hydrogens is 420 g/mol. The van der Waals surface area contributed by atoms with Crippen molar-refractivity contribution in [2.75, 3.05) is 56.5 Å². The number of nitrogens with one attached hydrogen (secondary N) is 1. The number of carbonyl (C=O) groups excluding carboxylic acids is 1. The van der Waals surface area contributed by atoms with Gasteiger partial charge in [0.15, 0.2) is 0 Å². The van der Waals surface area contributed by atoms with E-state index < -0.39 is 0 Å². The second-order valence-corrected chi connectivity index (χ2v) is 8.98. The molecule has 32 heavy (non-hydrogen) atoms. The molecule has 0 atom stereocenters. The minimum absolute atomic E-state index is 0. The number of likely N-dealkylation sites (N-methyl/N-ethyl adjacent to an activating group) is 1. The van der Waals surface area contributed by atoms with Gasteiger partial charge in [0, 0.05) is 33.2 Å². The summed E-state index contributed by atoms with van der Waals surface area (Å²) in [6, 6.07) is 7.73. The van der Waals surface area contributed by atoms with Crippen LogP contribution in [-0.2, 0) is 0 Å². The molecule has 2 aromatic heterocycles. The van der Waals surface area contributed by atoms with Gasteiger partial charge >= 0.3 is 0 Å². The van der Waals surface area contributed by atoms with Gasteiger partial charge in [0.1, 0.15) is 5.82 Å². The summed E-state index contributed by atoms with van der Waals surface area (Å²) < 4.78 is 0. The third-order valence-corrected chi connectivity index (χ3v) is 6.88. The second kappa shape index (κ2) is 8.80. The van der Waals surface area contributed by atoms with Crippen LogP contribution in [0.5, 0.6) is 0 Å². The summed E-state index contributed by atoms with van der Waals surface area (Å²) in [6.07, 6.45) is 1.72. The number of aryl methyl sites for hydroxylation is 1. The predicted molar refractivity (Wildman–Crippen MR) is 131 cm³/mol. The molecule has 3 aromatic rings. The van der Waals surface area contributed by atoms with Gasteiger partial charge in [-0.3, -0.25) is 14.8 Å². The molecule has 5 rings (SSSR count). The van der Waals surface area contributed by atoms with E-state index in [2.05, 4.69) is 49.8 Å². The van der Waals surface area contributed by atoms with Gasteiger partial charge in [-0.1, -0.05) is 6.07 Å². The normalized spacial score (nSPS) is 16.1. The molecule has 2 aliphatic rings. The molecule has 0 unspecified atom stereocenters. The molecule has 4 heterocycles. The van der Waals surface area contributed by atoms with Crippen LogP contribution in [0.25, 0.3) is 11.1 Å². The Kier molecular flexibility index (Phi) is 5.71. The highest BCUT2D eigenvalue weighted by molar-refractivity contribution is 7.08. The Morgan fingerprint density at radius 2 is 1.78 bits per heavy atom. The topological polar surface area (TPSA) is 73.2 Å². The van der Waals surface area contributed by atoms with E-state index >= 15 is 0 Å². The lowest BCUT2D eigenvalue weighted by molar-refractivity contribution is 0.102. The average Bonchev–Trinajstić information content (AvgIpc) is 3.25. The summed E-state index contributed by atoms with van der Waals surface area (Å²) >= 11 is 1.67. The number of fused-ring (bicyclic) bond motifs is 1. The van der Waals surface area contributed by atoms with Gasteiger partial charge in [-0.2, -0.15) is 11.3 Å². The number of anilines is 2. The van der Waals surface area contributed by atoms with Gasteiger partial charge in [-0.15, -0.1) is 0 Å². The maximum absolute atomic E-state index is 13.1. The van der Waals surface area contributed by atoms with E-state index in [-0.39, 0.29) is 7.33 Å². The first-order chi connectivity index (χ1) is 15.6. The Hall–Kier alpha value is -3.10. The summed E-state index contributed by atoms with van der Waals surface area (Å²) in [5.41, 5.74) is 4.62. The quantitative estimate of drug-likeness (QED) is 0.666. The number of nitrogens with zero attached hydrogens (tertiary/aromatic N) is 5. The Bertz CT molecular complexity index is 1270. The molecule has 0 spiro atoms. The monoisotopic (exact) mass is 448 g/mol. The highest BCUT2D eigenvalue weighted by Gasteiger charge is 2.18. The van der Waals surface area contributed by atoms with Gasteiger partial charge in [0.2, 0.25) is 0 Å². The number of benzene rings is 1. The molecule has 0 saturated carbocycles. The largest absolute Gasteiger partial charge is 0.354 e. The lowest BCUT2D eigenvalue weighted by Gasteiger charge is -2.33. The highest BCUT2D eigenvalue weighted by atomic mass is 32.1. The van der Waals surface area contributed by atoms with Gasteiger partial charge < -0.3 is 15.1 Å². The Balaban J connectivity index is 0.00000259. The van der Waals surface area contributed by atoms with Gasteiger partial charge in [-0.25, -0.2) is 4.98 Å². The van der Waals surface area contributed by atoms with E-state index in [4.69, 9.17) is 4.99 Å². The Morgan fingerprint density at radius 1 is 1.00 bits per heavy atom.